The van der Waals surface area contributed by atoms with Gasteiger partial charge in [0.05, 0.1) is 0 Å². The first-order valence-corrected chi connectivity index (χ1v) is 12.8. The molecule has 0 unspecified atom stereocenters. The van der Waals surface area contributed by atoms with Gasteiger partial charge in [0.1, 0.15) is 0 Å². The Bertz CT molecular complexity index is 174. The molecule has 0 aromatic rings. The van der Waals surface area contributed by atoms with Crippen LogP contribution in [-0.2, 0) is 0 Å². The predicted molar refractivity (Wildman–Crippen MR) is 75.2 cm³/mol. The second-order valence-corrected chi connectivity index (χ2v) is 14.3. The molecule has 0 aliphatic rings. The first-order valence-electron chi connectivity index (χ1n) is 6.53. The summed E-state index contributed by atoms with van der Waals surface area (Å²) in [4.78, 5) is 0. The van der Waals surface area contributed by atoms with E-state index in [-0.39, 0.29) is 0 Å². The summed E-state index contributed by atoms with van der Waals surface area (Å²) >= 11 is -1.30. The quantitative estimate of drug-likeness (QED) is 0.420. The van der Waals surface area contributed by atoms with Gasteiger partial charge in [-0.25, -0.2) is 0 Å². The molecule has 0 amide bonds. The minimum absolute atomic E-state index is 1.08. The molecule has 0 radical (unpaired) electrons. The zero-order chi connectivity index (χ0) is 11.5. The molecule has 0 bridgehead atoms. The Morgan fingerprint density at radius 3 is 2.07 bits per heavy atom. The second-order valence-electron chi connectivity index (χ2n) is 4.45. The van der Waals surface area contributed by atoms with Gasteiger partial charge in [-0.2, -0.15) is 0 Å². The summed E-state index contributed by atoms with van der Waals surface area (Å²) in [6.07, 6.45) is 11.2. The molecule has 0 saturated carbocycles. The van der Waals surface area contributed by atoms with Crippen LogP contribution in [0.15, 0.2) is 22.3 Å². The third kappa shape index (κ3) is 8.12. The molecule has 1 heteroatoms. The second kappa shape index (κ2) is 10.8. The molecule has 0 aliphatic carbocycles. The Kier molecular flexibility index (Phi) is 11.0. The molecule has 0 fully saturated rings. The number of hydrogen-bond donors (Lipinski definition) is 0. The van der Waals surface area contributed by atoms with Crippen molar-refractivity contribution in [3.63, 3.8) is 0 Å². The van der Waals surface area contributed by atoms with E-state index in [9.17, 15) is 0 Å². The van der Waals surface area contributed by atoms with E-state index in [0.29, 0.717) is 0 Å². The standard InChI is InChI=1S/C6H9.2C4H9.Sn.H/c1-3-5-6-4-2;2*1-3-4-2;;/h3,6H,1,5H2,2H3;2*1,3-4H2,2H3;;. The molecule has 0 aromatic carbocycles. The first-order chi connectivity index (χ1) is 7.26. The van der Waals surface area contributed by atoms with Crippen LogP contribution in [0.3, 0.4) is 0 Å². The third-order valence-corrected chi connectivity index (χ3v) is 13.7. The Labute approximate surface area is 104 Å². The van der Waals surface area contributed by atoms with Crippen molar-refractivity contribution in [2.45, 2.75) is 61.7 Å². The van der Waals surface area contributed by atoms with Crippen LogP contribution in [0, 0.1) is 0 Å². The van der Waals surface area contributed by atoms with Gasteiger partial charge >= 0.3 is 104 Å². The zero-order valence-corrected chi connectivity index (χ0v) is 14.2. The maximum absolute atomic E-state index is 3.80. The van der Waals surface area contributed by atoms with Crippen LogP contribution in [0.5, 0.6) is 0 Å². The SMILES string of the molecule is C=CCC=[C](C)[SnH]([CH2]CCC)[CH2]CCC. The molecule has 0 saturated heterocycles. The van der Waals surface area contributed by atoms with Crippen molar-refractivity contribution in [2.75, 3.05) is 0 Å². The number of hydrogen-bond acceptors (Lipinski definition) is 0. The Hall–Kier alpha value is 0.279. The molecule has 0 N–H and O–H groups in total. The fraction of sp³-hybridized carbons (Fsp3) is 0.714. The van der Waals surface area contributed by atoms with Crippen molar-refractivity contribution in [1.29, 1.82) is 0 Å². The fourth-order valence-electron chi connectivity index (χ4n) is 1.94. The van der Waals surface area contributed by atoms with Crippen LogP contribution in [-0.4, -0.2) is 19.8 Å². The van der Waals surface area contributed by atoms with Gasteiger partial charge in [0.15, 0.2) is 0 Å². The molecule has 0 aromatic heterocycles. The van der Waals surface area contributed by atoms with Crippen LogP contribution in [0.2, 0.25) is 8.87 Å². The summed E-state index contributed by atoms with van der Waals surface area (Å²) in [6.45, 7) is 10.8. The molecule has 15 heavy (non-hydrogen) atoms. The molecule has 88 valence electrons. The monoisotopic (exact) mass is 316 g/mol. The van der Waals surface area contributed by atoms with E-state index in [4.69, 9.17) is 0 Å². The summed E-state index contributed by atoms with van der Waals surface area (Å²) in [5.74, 6) is 0. The Balaban J connectivity index is 4.12. The Morgan fingerprint density at radius 2 is 1.67 bits per heavy atom. The Morgan fingerprint density at radius 1 is 1.13 bits per heavy atom. The van der Waals surface area contributed by atoms with E-state index in [1.807, 2.05) is 6.08 Å². The van der Waals surface area contributed by atoms with E-state index in [0.717, 1.165) is 6.42 Å². The normalized spacial score (nSPS) is 12.1. The number of unbranched alkanes of at least 4 members (excludes halogenated alkanes) is 2. The molecule has 0 aliphatic heterocycles. The van der Waals surface area contributed by atoms with Crippen LogP contribution in [0.25, 0.3) is 0 Å². The molecular weight excluding hydrogens is 287 g/mol. The minimum atomic E-state index is -1.30. The van der Waals surface area contributed by atoms with E-state index >= 15 is 0 Å². The fourth-order valence-corrected chi connectivity index (χ4v) is 11.8. The molecular formula is C14H28Sn. The van der Waals surface area contributed by atoms with Gasteiger partial charge in [-0.1, -0.05) is 0 Å². The molecule has 0 rings (SSSR count). The van der Waals surface area contributed by atoms with Crippen LogP contribution >= 0.6 is 0 Å². The van der Waals surface area contributed by atoms with E-state index < -0.39 is 19.8 Å². The van der Waals surface area contributed by atoms with Gasteiger partial charge in [-0.05, 0) is 0 Å². The van der Waals surface area contributed by atoms with Crippen molar-refractivity contribution in [3.05, 3.63) is 22.3 Å². The first kappa shape index (κ1) is 15.3. The van der Waals surface area contributed by atoms with Gasteiger partial charge in [0, 0.05) is 0 Å². The third-order valence-electron chi connectivity index (χ3n) is 3.06. The van der Waals surface area contributed by atoms with Gasteiger partial charge in [-0.15, -0.1) is 0 Å². The number of rotatable bonds is 9. The van der Waals surface area contributed by atoms with Crippen molar-refractivity contribution >= 4 is 19.8 Å². The average Bonchev–Trinajstić information content (AvgIpc) is 2.26. The van der Waals surface area contributed by atoms with Crippen molar-refractivity contribution in [3.8, 4) is 0 Å². The molecule has 0 nitrogen and oxygen atoms in total. The molecule has 0 heterocycles. The van der Waals surface area contributed by atoms with Gasteiger partial charge in [-0.3, -0.25) is 0 Å². The van der Waals surface area contributed by atoms with E-state index in [1.54, 1.807) is 12.5 Å². The van der Waals surface area contributed by atoms with E-state index in [1.165, 1.54) is 25.7 Å². The molecule has 0 atom stereocenters. The van der Waals surface area contributed by atoms with Crippen molar-refractivity contribution in [1.82, 2.24) is 0 Å². The zero-order valence-electron chi connectivity index (χ0n) is 10.9. The summed E-state index contributed by atoms with van der Waals surface area (Å²) in [6, 6.07) is 0. The van der Waals surface area contributed by atoms with Crippen LogP contribution < -0.4 is 0 Å². The summed E-state index contributed by atoms with van der Waals surface area (Å²) in [7, 11) is 0. The van der Waals surface area contributed by atoms with Crippen LogP contribution in [0.4, 0.5) is 0 Å². The van der Waals surface area contributed by atoms with E-state index in [2.05, 4.69) is 33.4 Å². The maximum atomic E-state index is 3.80. The number of allylic oxidation sites excluding steroid dienone is 3. The van der Waals surface area contributed by atoms with Gasteiger partial charge in [0.2, 0.25) is 0 Å². The van der Waals surface area contributed by atoms with Crippen molar-refractivity contribution in [2.24, 2.45) is 0 Å². The summed E-state index contributed by atoms with van der Waals surface area (Å²) in [5, 5.41) is 0. The van der Waals surface area contributed by atoms with Crippen LogP contribution in [0.1, 0.15) is 52.9 Å². The van der Waals surface area contributed by atoms with Gasteiger partial charge < -0.3 is 0 Å². The summed E-state index contributed by atoms with van der Waals surface area (Å²) < 4.78 is 4.95. The molecule has 0 spiro atoms. The van der Waals surface area contributed by atoms with Gasteiger partial charge in [0.25, 0.3) is 0 Å². The van der Waals surface area contributed by atoms with Crippen molar-refractivity contribution < 1.29 is 0 Å². The predicted octanol–water partition coefficient (Wildman–Crippen LogP) is 4.88. The average molecular weight is 315 g/mol. The topological polar surface area (TPSA) is 0 Å². The summed E-state index contributed by atoms with van der Waals surface area (Å²) in [5.41, 5.74) is 0.